The molecule has 0 amide bonds. The van der Waals surface area contributed by atoms with E-state index in [1.54, 1.807) is 18.4 Å². The van der Waals surface area contributed by atoms with Gasteiger partial charge in [-0.25, -0.2) is 0 Å². The summed E-state index contributed by atoms with van der Waals surface area (Å²) in [6, 6.07) is 12.4. The van der Waals surface area contributed by atoms with Crippen LogP contribution in [0, 0.1) is 6.92 Å². The Kier molecular flexibility index (Phi) is 4.25. The molecule has 0 radical (unpaired) electrons. The molecule has 0 saturated carbocycles. The largest absolute Gasteiger partial charge is 0.496 e. The smallest absolute Gasteiger partial charge is 0.126 e. The zero-order valence-electron chi connectivity index (χ0n) is 11.7. The molecular formula is C17H14BrClOS. The Morgan fingerprint density at radius 1 is 1.14 bits per heavy atom. The van der Waals surface area contributed by atoms with E-state index in [0.717, 1.165) is 26.6 Å². The second-order valence-corrected chi connectivity index (χ2v) is 7.07. The fourth-order valence-corrected chi connectivity index (χ4v) is 4.83. The van der Waals surface area contributed by atoms with Crippen molar-refractivity contribution in [1.82, 2.24) is 0 Å². The number of hydrogen-bond acceptors (Lipinski definition) is 2. The molecule has 2 aromatic carbocycles. The minimum Gasteiger partial charge on any atom is -0.496 e. The minimum atomic E-state index is 0.0829. The lowest BCUT2D eigenvalue weighted by Crippen LogP contribution is -1.94. The predicted molar refractivity (Wildman–Crippen MR) is 95.3 cm³/mol. The van der Waals surface area contributed by atoms with Gasteiger partial charge in [0, 0.05) is 10.3 Å². The highest BCUT2D eigenvalue weighted by Gasteiger charge is 2.20. The maximum Gasteiger partial charge on any atom is 0.126 e. The number of aryl methyl sites for hydroxylation is 1. The number of hydrogen-bond donors (Lipinski definition) is 0. The van der Waals surface area contributed by atoms with Crippen LogP contribution >= 0.6 is 38.9 Å². The molecule has 1 heterocycles. The summed E-state index contributed by atoms with van der Waals surface area (Å²) < 4.78 is 5.46. The standard InChI is InChI=1S/C17H14BrClOS/c1-10-9-21-17(16(10)19)15(18)13-7-8-14(20-2)12-6-4-3-5-11(12)13/h3-9,15H,1-2H3. The summed E-state index contributed by atoms with van der Waals surface area (Å²) >= 11 is 11.9. The lowest BCUT2D eigenvalue weighted by Gasteiger charge is -2.15. The molecule has 0 aliphatic rings. The first-order valence-electron chi connectivity index (χ1n) is 6.56. The van der Waals surface area contributed by atoms with Crippen LogP contribution in [0.2, 0.25) is 5.02 Å². The highest BCUT2D eigenvalue weighted by atomic mass is 79.9. The Morgan fingerprint density at radius 3 is 2.48 bits per heavy atom. The van der Waals surface area contributed by atoms with E-state index < -0.39 is 0 Å². The maximum absolute atomic E-state index is 6.42. The Hall–Kier alpha value is -1.03. The van der Waals surface area contributed by atoms with Crippen molar-refractivity contribution in [3.8, 4) is 5.75 Å². The number of alkyl halides is 1. The van der Waals surface area contributed by atoms with E-state index in [-0.39, 0.29) is 4.83 Å². The van der Waals surface area contributed by atoms with E-state index in [0.29, 0.717) is 0 Å². The summed E-state index contributed by atoms with van der Waals surface area (Å²) in [6.45, 7) is 2.04. The summed E-state index contributed by atoms with van der Waals surface area (Å²) in [5.41, 5.74) is 2.33. The topological polar surface area (TPSA) is 9.23 Å². The minimum absolute atomic E-state index is 0.0829. The van der Waals surface area contributed by atoms with Gasteiger partial charge in [0.05, 0.1) is 17.0 Å². The molecule has 0 bridgehead atoms. The molecule has 3 aromatic rings. The SMILES string of the molecule is COc1ccc(C(Br)c2scc(C)c2Cl)c2ccccc12. The molecule has 0 fully saturated rings. The summed E-state index contributed by atoms with van der Waals surface area (Å²) in [7, 11) is 1.70. The van der Waals surface area contributed by atoms with Gasteiger partial charge in [-0.15, -0.1) is 11.3 Å². The van der Waals surface area contributed by atoms with Gasteiger partial charge in [-0.1, -0.05) is 57.9 Å². The average molecular weight is 382 g/mol. The van der Waals surface area contributed by atoms with Crippen molar-refractivity contribution in [3.63, 3.8) is 0 Å². The zero-order chi connectivity index (χ0) is 15.0. The second kappa shape index (κ2) is 5.99. The van der Waals surface area contributed by atoms with Crippen LogP contribution in [0.15, 0.2) is 41.8 Å². The molecule has 4 heteroatoms. The van der Waals surface area contributed by atoms with E-state index in [9.17, 15) is 0 Å². The van der Waals surface area contributed by atoms with Crippen LogP contribution in [0.25, 0.3) is 10.8 Å². The zero-order valence-corrected chi connectivity index (χ0v) is 14.8. The van der Waals surface area contributed by atoms with E-state index in [1.165, 1.54) is 10.9 Å². The highest BCUT2D eigenvalue weighted by Crippen LogP contribution is 2.44. The van der Waals surface area contributed by atoms with Gasteiger partial charge in [-0.3, -0.25) is 0 Å². The highest BCUT2D eigenvalue weighted by molar-refractivity contribution is 9.09. The first kappa shape index (κ1) is 14.9. The van der Waals surface area contributed by atoms with Crippen LogP contribution in [0.3, 0.4) is 0 Å². The third-order valence-electron chi connectivity index (χ3n) is 3.57. The van der Waals surface area contributed by atoms with Crippen molar-refractivity contribution in [2.75, 3.05) is 7.11 Å². The van der Waals surface area contributed by atoms with Gasteiger partial charge >= 0.3 is 0 Å². The summed E-state index contributed by atoms with van der Waals surface area (Å²) in [4.78, 5) is 1.23. The Balaban J connectivity index is 2.19. The first-order chi connectivity index (χ1) is 10.1. The Labute approximate surface area is 141 Å². The van der Waals surface area contributed by atoms with Crippen molar-refractivity contribution in [2.45, 2.75) is 11.8 Å². The van der Waals surface area contributed by atoms with E-state index >= 15 is 0 Å². The molecule has 108 valence electrons. The lowest BCUT2D eigenvalue weighted by molar-refractivity contribution is 0.419. The Morgan fingerprint density at radius 2 is 1.86 bits per heavy atom. The molecule has 1 nitrogen and oxygen atoms in total. The monoisotopic (exact) mass is 380 g/mol. The molecule has 0 aliphatic carbocycles. The van der Waals surface area contributed by atoms with E-state index in [4.69, 9.17) is 16.3 Å². The number of thiophene rings is 1. The quantitative estimate of drug-likeness (QED) is 0.480. The first-order valence-corrected chi connectivity index (χ1v) is 8.74. The number of ether oxygens (including phenoxy) is 1. The molecule has 0 spiro atoms. The van der Waals surface area contributed by atoms with Crippen molar-refractivity contribution >= 4 is 49.6 Å². The number of halogens is 2. The number of fused-ring (bicyclic) bond motifs is 1. The van der Waals surface area contributed by atoms with Crippen LogP contribution < -0.4 is 4.74 Å². The molecule has 0 N–H and O–H groups in total. The third-order valence-corrected chi connectivity index (χ3v) is 6.60. The molecular weight excluding hydrogens is 368 g/mol. The molecule has 3 rings (SSSR count). The van der Waals surface area contributed by atoms with Crippen molar-refractivity contribution in [2.24, 2.45) is 0 Å². The van der Waals surface area contributed by atoms with Crippen LogP contribution in [0.5, 0.6) is 5.75 Å². The normalized spacial score (nSPS) is 12.6. The van der Waals surface area contributed by atoms with Crippen LogP contribution in [-0.4, -0.2) is 7.11 Å². The molecule has 0 saturated heterocycles. The van der Waals surface area contributed by atoms with Gasteiger partial charge < -0.3 is 4.74 Å². The summed E-state index contributed by atoms with van der Waals surface area (Å²) in [6.07, 6.45) is 0. The van der Waals surface area contributed by atoms with E-state index in [1.807, 2.05) is 25.1 Å². The number of benzene rings is 2. The fourth-order valence-electron chi connectivity index (χ4n) is 2.46. The molecule has 21 heavy (non-hydrogen) atoms. The Bertz CT molecular complexity index is 797. The van der Waals surface area contributed by atoms with Gasteiger partial charge in [0.2, 0.25) is 0 Å². The third kappa shape index (κ3) is 2.59. The van der Waals surface area contributed by atoms with Crippen molar-refractivity contribution in [3.05, 3.63) is 62.8 Å². The molecule has 1 aromatic heterocycles. The lowest BCUT2D eigenvalue weighted by atomic mass is 10.0. The van der Waals surface area contributed by atoms with Gasteiger partial charge in [0.1, 0.15) is 5.75 Å². The number of methoxy groups -OCH3 is 1. The van der Waals surface area contributed by atoms with Gasteiger partial charge in [0.25, 0.3) is 0 Å². The van der Waals surface area contributed by atoms with Gasteiger partial charge in [0.15, 0.2) is 0 Å². The molecule has 0 aliphatic heterocycles. The maximum atomic E-state index is 6.42. The summed E-state index contributed by atoms with van der Waals surface area (Å²) in [5.74, 6) is 0.891. The van der Waals surface area contributed by atoms with Gasteiger partial charge in [-0.2, -0.15) is 0 Å². The second-order valence-electron chi connectivity index (χ2n) is 4.86. The van der Waals surface area contributed by atoms with Crippen LogP contribution in [0.1, 0.15) is 20.8 Å². The van der Waals surface area contributed by atoms with Crippen molar-refractivity contribution < 1.29 is 4.74 Å². The number of rotatable bonds is 3. The molecule has 1 unspecified atom stereocenters. The molecule has 1 atom stereocenters. The predicted octanol–water partition coefficient (Wildman–Crippen LogP) is 6.36. The van der Waals surface area contributed by atoms with Crippen LogP contribution in [0.4, 0.5) is 0 Å². The van der Waals surface area contributed by atoms with E-state index in [2.05, 4.69) is 39.5 Å². The summed E-state index contributed by atoms with van der Waals surface area (Å²) in [5, 5.41) is 5.24. The van der Waals surface area contributed by atoms with Crippen molar-refractivity contribution in [1.29, 1.82) is 0 Å². The average Bonchev–Trinajstić information content (AvgIpc) is 2.85. The van der Waals surface area contributed by atoms with Crippen LogP contribution in [-0.2, 0) is 0 Å². The van der Waals surface area contributed by atoms with Gasteiger partial charge in [-0.05, 0) is 34.9 Å². The fraction of sp³-hybridized carbons (Fsp3) is 0.176.